The number of quaternary nitrogens is 1. The summed E-state index contributed by atoms with van der Waals surface area (Å²) >= 11 is 1.53. The third-order valence-corrected chi connectivity index (χ3v) is 17.8. The van der Waals surface area contributed by atoms with Crippen molar-refractivity contribution in [3.05, 3.63) is 112 Å². The molecule has 3 rings (SSSR count). The molecule has 0 aliphatic carbocycles. The number of benzene rings is 3. The zero-order valence-electron chi connectivity index (χ0n) is 26.3. The Kier molecular flexibility index (Phi) is 25.9. The number of rotatable bonds is 15. The molecule has 0 aromatic heterocycles. The Hall–Kier alpha value is -2.35. The first-order chi connectivity index (χ1) is 20.5. The van der Waals surface area contributed by atoms with E-state index in [0.29, 0.717) is 0 Å². The number of unbranched alkanes of at least 4 members (excludes halogenated alkanes) is 4. The predicted octanol–water partition coefficient (Wildman–Crippen LogP) is 8.73. The van der Waals surface area contributed by atoms with Crippen LogP contribution in [0, 0.1) is 0 Å². The number of isothiocyanates is 1. The molecule has 1 radical (unpaired) electrons. The molecule has 0 spiro atoms. The van der Waals surface area contributed by atoms with E-state index in [0.717, 1.165) is 0 Å². The van der Waals surface area contributed by atoms with Crippen LogP contribution in [0.1, 0.15) is 79.1 Å². The van der Waals surface area contributed by atoms with E-state index in [1.54, 1.807) is 9.37 Å². The van der Waals surface area contributed by atoms with E-state index in [1.807, 2.05) is 0 Å². The van der Waals surface area contributed by atoms with Crippen molar-refractivity contribution >= 4 is 49.5 Å². The predicted molar refractivity (Wildman–Crippen MR) is 189 cm³/mol. The summed E-state index contributed by atoms with van der Waals surface area (Å²) in [6, 6.07) is 33.0. The van der Waals surface area contributed by atoms with Gasteiger partial charge in [-0.25, -0.2) is 0 Å². The molecule has 0 heterocycles. The molecule has 3 aromatic carbocycles. The Bertz CT molecular complexity index is 941. The van der Waals surface area contributed by atoms with Crippen molar-refractivity contribution in [3.63, 3.8) is 0 Å². The van der Waals surface area contributed by atoms with Crippen LogP contribution in [0.2, 0.25) is 0 Å². The minimum atomic E-state index is -2.17. The average molecular weight is 781 g/mol. The summed E-state index contributed by atoms with van der Waals surface area (Å²) in [6.07, 6.45) is 11.1. The van der Waals surface area contributed by atoms with Gasteiger partial charge in [0.1, 0.15) is 0 Å². The van der Waals surface area contributed by atoms with E-state index in [2.05, 4.69) is 131 Å². The van der Waals surface area contributed by atoms with Crippen LogP contribution in [0.25, 0.3) is 21.4 Å². The van der Waals surface area contributed by atoms with Gasteiger partial charge >= 0.3 is 123 Å². The number of hydrogen-bond acceptors (Lipinski definition) is 1. The number of hydrogen-bond donors (Lipinski definition) is 0. The van der Waals surface area contributed by atoms with Gasteiger partial charge in [-0.2, -0.15) is 5.16 Å². The van der Waals surface area contributed by atoms with Crippen molar-refractivity contribution in [2.75, 3.05) is 26.2 Å². The molecule has 0 saturated carbocycles. The van der Waals surface area contributed by atoms with Crippen LogP contribution in [-0.2, 0) is 0 Å². The Morgan fingerprint density at radius 3 is 0.976 bits per heavy atom. The molecule has 0 unspecified atom stereocenters. The summed E-state index contributed by atoms with van der Waals surface area (Å²) in [5.41, 5.74) is 13.5. The first-order valence-electron chi connectivity index (χ1n) is 15.4. The van der Waals surface area contributed by atoms with Gasteiger partial charge in [0.05, 0.1) is 26.2 Å². The molecule has 5 nitrogen and oxygen atoms in total. The van der Waals surface area contributed by atoms with Gasteiger partial charge in [0, 0.05) is 0 Å². The van der Waals surface area contributed by atoms with Crippen LogP contribution >= 0.6 is 12.2 Å². The second-order valence-electron chi connectivity index (χ2n) is 10.3. The van der Waals surface area contributed by atoms with Gasteiger partial charge < -0.3 is 21.0 Å². The zero-order valence-corrected chi connectivity index (χ0v) is 31.0. The van der Waals surface area contributed by atoms with Crippen molar-refractivity contribution in [2.24, 2.45) is 0 Å². The molecule has 0 fully saturated rings. The molecule has 0 aliphatic rings. The van der Waals surface area contributed by atoms with Crippen LogP contribution in [0.4, 0.5) is 0 Å². The van der Waals surface area contributed by atoms with Crippen LogP contribution in [0.5, 0.6) is 0 Å². The van der Waals surface area contributed by atoms with Crippen LogP contribution < -0.4 is 9.37 Å². The van der Waals surface area contributed by atoms with E-state index >= 15 is 0 Å². The molecule has 7 heteroatoms. The second-order valence-corrected chi connectivity index (χ2v) is 20.1. The van der Waals surface area contributed by atoms with E-state index in [-0.39, 0.29) is 0 Å². The molecule has 0 atom stereocenters. The second kappa shape index (κ2) is 27.5. The normalized spacial score (nSPS) is 10.0. The molecule has 0 N–H and O–H groups in total. The van der Waals surface area contributed by atoms with Gasteiger partial charge in [-0.3, -0.25) is 4.91 Å². The van der Waals surface area contributed by atoms with Crippen LogP contribution in [-0.4, -0.2) is 58.5 Å². The fourth-order valence-electron chi connectivity index (χ4n) is 4.96. The SMILES string of the molecule is CCCC[N+](CCCC)(CCCC)CCCC.[N-]=C=S.[N-]=[N+]=[N-].c1cc[c]([Pb]([c]2ccccc2)[c]2ccccc2)cc1. The number of nitrogens with zero attached hydrogens (tertiary/aromatic N) is 5. The summed E-state index contributed by atoms with van der Waals surface area (Å²) in [5, 5.41) is 8.47. The van der Waals surface area contributed by atoms with E-state index < -0.39 is 22.7 Å². The van der Waals surface area contributed by atoms with Gasteiger partial charge in [-0.1, -0.05) is 65.6 Å². The molecule has 0 aliphatic heterocycles. The molecular weight excluding hydrogens is 730 g/mol. The van der Waals surface area contributed by atoms with E-state index in [9.17, 15) is 0 Å². The molecule has 42 heavy (non-hydrogen) atoms. The van der Waals surface area contributed by atoms with Crippen LogP contribution in [0.3, 0.4) is 0 Å². The minimum absolute atomic E-state index is 1.33. The first-order valence-corrected chi connectivity index (χ1v) is 21.6. The van der Waals surface area contributed by atoms with Crippen molar-refractivity contribution in [1.82, 2.24) is 0 Å². The molecular formula is C35H51N5PbS-. The van der Waals surface area contributed by atoms with Crippen molar-refractivity contribution in [1.29, 1.82) is 0 Å². The quantitative estimate of drug-likeness (QED) is 0.0289. The summed E-state index contributed by atoms with van der Waals surface area (Å²) in [7, 11) is 0. The first kappa shape index (κ1) is 39.7. The summed E-state index contributed by atoms with van der Waals surface area (Å²) in [6.45, 7) is 15.0. The van der Waals surface area contributed by atoms with Gasteiger partial charge in [0.15, 0.2) is 0 Å². The molecule has 3 aromatic rings. The van der Waals surface area contributed by atoms with Gasteiger partial charge in [0.25, 0.3) is 0 Å². The topological polar surface area (TPSA) is 81.0 Å². The fourth-order valence-corrected chi connectivity index (χ4v) is 15.0. The van der Waals surface area contributed by atoms with E-state index in [4.69, 9.17) is 16.5 Å². The average Bonchev–Trinajstić information content (AvgIpc) is 3.03. The molecule has 0 amide bonds. The van der Waals surface area contributed by atoms with Crippen molar-refractivity contribution < 1.29 is 4.48 Å². The van der Waals surface area contributed by atoms with Gasteiger partial charge in [-0.15, -0.1) is 0 Å². The third-order valence-electron chi connectivity index (χ3n) is 7.13. The monoisotopic (exact) mass is 781 g/mol. The van der Waals surface area contributed by atoms with Gasteiger partial charge in [0.2, 0.25) is 0 Å². The molecule has 227 valence electrons. The van der Waals surface area contributed by atoms with Crippen LogP contribution in [0.15, 0.2) is 91.0 Å². The van der Waals surface area contributed by atoms with Gasteiger partial charge in [-0.05, 0) is 25.7 Å². The number of thiocarbonyl (C=S) groups is 1. The van der Waals surface area contributed by atoms with Crippen molar-refractivity contribution in [3.8, 4) is 0 Å². The zero-order chi connectivity index (χ0) is 31.3. The van der Waals surface area contributed by atoms with Crippen molar-refractivity contribution in [2.45, 2.75) is 79.1 Å². The summed E-state index contributed by atoms with van der Waals surface area (Å²) in [4.78, 5) is 1.50. The fraction of sp³-hybridized carbons (Fsp3) is 0.457. The third kappa shape index (κ3) is 17.6. The summed E-state index contributed by atoms with van der Waals surface area (Å²) in [5.74, 6) is 0. The Morgan fingerprint density at radius 2 is 0.786 bits per heavy atom. The Morgan fingerprint density at radius 1 is 0.571 bits per heavy atom. The summed E-state index contributed by atoms with van der Waals surface area (Å²) < 4.78 is 6.06. The van der Waals surface area contributed by atoms with E-state index in [1.165, 1.54) is 92.1 Å². The Labute approximate surface area is 270 Å². The maximum absolute atomic E-state index is 7.13. The molecule has 0 bridgehead atoms. The molecule has 0 saturated heterocycles. The standard InChI is InChI=1S/C16H36N.3C6H5.CNS.N3.Pb/c1-5-9-13-17(14-10-6-2,15-11-7-3)16-12-8-4;3*1-2-4-6-5-3-1;2-1-3;1-3-2;/h5-16H2,1-4H3;3*1-5H;;;/q+1;;;;2*-1;. The maximum atomic E-state index is 7.13. The Balaban J connectivity index is 0.000000679.